The number of benzene rings is 2. The normalized spacial score (nSPS) is 11.3. The molecule has 2 aromatic carbocycles. The molecule has 0 spiro atoms. The highest BCUT2D eigenvalue weighted by atomic mass is 35.5. The fourth-order valence-corrected chi connectivity index (χ4v) is 3.20. The summed E-state index contributed by atoms with van der Waals surface area (Å²) in [6.07, 6.45) is 0.514. The minimum atomic E-state index is -3.55. The third-order valence-electron chi connectivity index (χ3n) is 3.24. The lowest BCUT2D eigenvalue weighted by atomic mass is 10.1. The van der Waals surface area contributed by atoms with Gasteiger partial charge in [-0.25, -0.2) is 13.1 Å². The molecule has 0 bridgehead atoms. The van der Waals surface area contributed by atoms with Crippen LogP contribution in [0.5, 0.6) is 11.5 Å². The maximum atomic E-state index is 12.2. The van der Waals surface area contributed by atoms with Gasteiger partial charge in [-0.15, -0.1) is 0 Å². The van der Waals surface area contributed by atoms with Crippen LogP contribution in [0.1, 0.15) is 5.56 Å². The lowest BCUT2D eigenvalue weighted by molar-refractivity contribution is 0.393. The van der Waals surface area contributed by atoms with Crippen molar-refractivity contribution >= 4 is 21.6 Å². The first-order valence-corrected chi connectivity index (χ1v) is 8.78. The number of hydrogen-bond acceptors (Lipinski definition) is 4. The van der Waals surface area contributed by atoms with E-state index in [1.165, 1.54) is 12.1 Å². The van der Waals surface area contributed by atoms with Crippen LogP contribution in [0.2, 0.25) is 5.02 Å². The predicted octanol–water partition coefficient (Wildman–Crippen LogP) is 2.88. The van der Waals surface area contributed by atoms with Crippen LogP contribution in [0.25, 0.3) is 0 Å². The van der Waals surface area contributed by atoms with Crippen LogP contribution < -0.4 is 14.2 Å². The Morgan fingerprint density at radius 2 is 1.57 bits per heavy atom. The highest BCUT2D eigenvalue weighted by Gasteiger charge is 2.13. The van der Waals surface area contributed by atoms with Crippen molar-refractivity contribution < 1.29 is 17.9 Å². The molecule has 0 unspecified atom stereocenters. The van der Waals surface area contributed by atoms with Crippen molar-refractivity contribution in [2.24, 2.45) is 0 Å². The average molecular weight is 356 g/mol. The Bertz CT molecular complexity index is 738. The smallest absolute Gasteiger partial charge is 0.240 e. The van der Waals surface area contributed by atoms with Gasteiger partial charge < -0.3 is 9.47 Å². The van der Waals surface area contributed by atoms with E-state index in [4.69, 9.17) is 21.1 Å². The lowest BCUT2D eigenvalue weighted by Crippen LogP contribution is -2.25. The molecule has 0 aliphatic rings. The quantitative estimate of drug-likeness (QED) is 0.829. The van der Waals surface area contributed by atoms with Gasteiger partial charge in [0.1, 0.15) is 11.5 Å². The third-order valence-corrected chi connectivity index (χ3v) is 4.97. The summed E-state index contributed by atoms with van der Waals surface area (Å²) in [7, 11) is -0.407. The largest absolute Gasteiger partial charge is 0.497 e. The maximum absolute atomic E-state index is 12.2. The Labute approximate surface area is 141 Å². The first-order valence-electron chi connectivity index (χ1n) is 6.92. The number of halogens is 1. The van der Waals surface area contributed by atoms with Gasteiger partial charge in [0.2, 0.25) is 10.0 Å². The van der Waals surface area contributed by atoms with E-state index in [2.05, 4.69) is 4.72 Å². The van der Waals surface area contributed by atoms with Crippen LogP contribution in [0.4, 0.5) is 0 Å². The summed E-state index contributed by atoms with van der Waals surface area (Å²) in [5.74, 6) is 1.33. The molecule has 1 N–H and O–H groups in total. The molecule has 0 aliphatic heterocycles. The zero-order valence-electron chi connectivity index (χ0n) is 12.9. The topological polar surface area (TPSA) is 64.6 Å². The lowest BCUT2D eigenvalue weighted by Gasteiger charge is -2.10. The standard InChI is InChI=1S/C16H18ClNO4S/c1-21-14-9-12(10-15(11-14)22-2)7-8-18-23(19,20)16-5-3-13(17)4-6-16/h3-6,9-11,18H,7-8H2,1-2H3. The van der Waals surface area contributed by atoms with Crippen LogP contribution >= 0.6 is 11.6 Å². The summed E-state index contributed by atoms with van der Waals surface area (Å²) < 4.78 is 37.3. The minimum Gasteiger partial charge on any atom is -0.497 e. The molecular weight excluding hydrogens is 338 g/mol. The SMILES string of the molecule is COc1cc(CCNS(=O)(=O)c2ccc(Cl)cc2)cc(OC)c1. The highest BCUT2D eigenvalue weighted by Crippen LogP contribution is 2.22. The molecule has 0 amide bonds. The van der Waals surface area contributed by atoms with Gasteiger partial charge in [0.25, 0.3) is 0 Å². The molecule has 0 radical (unpaired) electrons. The molecule has 5 nitrogen and oxygen atoms in total. The third kappa shape index (κ3) is 4.86. The van der Waals surface area contributed by atoms with Crippen molar-refractivity contribution in [2.75, 3.05) is 20.8 Å². The monoisotopic (exact) mass is 355 g/mol. The van der Waals surface area contributed by atoms with Crippen molar-refractivity contribution in [1.82, 2.24) is 4.72 Å². The number of ether oxygens (including phenoxy) is 2. The van der Waals surface area contributed by atoms with Crippen molar-refractivity contribution in [2.45, 2.75) is 11.3 Å². The molecular formula is C16H18ClNO4S. The second kappa shape index (κ2) is 7.68. The van der Waals surface area contributed by atoms with Crippen molar-refractivity contribution in [1.29, 1.82) is 0 Å². The molecule has 2 aromatic rings. The van der Waals surface area contributed by atoms with Crippen LogP contribution in [0.3, 0.4) is 0 Å². The minimum absolute atomic E-state index is 0.185. The molecule has 0 aliphatic carbocycles. The van der Waals surface area contributed by atoms with Gasteiger partial charge in [-0.05, 0) is 48.4 Å². The maximum Gasteiger partial charge on any atom is 0.240 e. The molecule has 23 heavy (non-hydrogen) atoms. The zero-order chi connectivity index (χ0) is 16.9. The van der Waals surface area contributed by atoms with Crippen molar-refractivity contribution in [3.05, 3.63) is 53.1 Å². The highest BCUT2D eigenvalue weighted by molar-refractivity contribution is 7.89. The van der Waals surface area contributed by atoms with Gasteiger partial charge in [-0.1, -0.05) is 11.6 Å². The van der Waals surface area contributed by atoms with Crippen molar-refractivity contribution in [3.63, 3.8) is 0 Å². The van der Waals surface area contributed by atoms with E-state index in [0.717, 1.165) is 5.56 Å². The summed E-state index contributed by atoms with van der Waals surface area (Å²) >= 11 is 5.76. The second-order valence-electron chi connectivity index (χ2n) is 4.82. The van der Waals surface area contributed by atoms with E-state index in [0.29, 0.717) is 22.9 Å². The number of rotatable bonds is 7. The van der Waals surface area contributed by atoms with Crippen LogP contribution in [0, 0.1) is 0 Å². The average Bonchev–Trinajstić information content (AvgIpc) is 2.54. The fourth-order valence-electron chi connectivity index (χ4n) is 2.04. The molecule has 0 saturated heterocycles. The Morgan fingerprint density at radius 1 is 1.00 bits per heavy atom. The molecule has 7 heteroatoms. The Kier molecular flexibility index (Phi) is 5.87. The summed E-state index contributed by atoms with van der Waals surface area (Å²) in [6, 6.07) is 11.5. The Morgan fingerprint density at radius 3 is 2.09 bits per heavy atom. The van der Waals surface area contributed by atoms with E-state index < -0.39 is 10.0 Å². The number of sulfonamides is 1. The summed E-state index contributed by atoms with van der Waals surface area (Å²) in [5.41, 5.74) is 0.917. The van der Waals surface area contributed by atoms with Gasteiger partial charge in [-0.2, -0.15) is 0 Å². The summed E-state index contributed by atoms with van der Waals surface area (Å²) in [5, 5.41) is 0.493. The fraction of sp³-hybridized carbons (Fsp3) is 0.250. The summed E-state index contributed by atoms with van der Waals surface area (Å²) in [6.45, 7) is 0.265. The second-order valence-corrected chi connectivity index (χ2v) is 7.03. The molecule has 0 atom stereocenters. The van der Waals surface area contributed by atoms with Gasteiger partial charge in [-0.3, -0.25) is 0 Å². The van der Waals surface area contributed by atoms with Crippen LogP contribution in [0.15, 0.2) is 47.4 Å². The van der Waals surface area contributed by atoms with Gasteiger partial charge in [0, 0.05) is 17.6 Å². The predicted molar refractivity (Wildman–Crippen MR) is 89.9 cm³/mol. The molecule has 0 saturated carbocycles. The van der Waals surface area contributed by atoms with Gasteiger partial charge in [0.15, 0.2) is 0 Å². The number of hydrogen-bond donors (Lipinski definition) is 1. The Balaban J connectivity index is 2.03. The Hall–Kier alpha value is -1.76. The van der Waals surface area contributed by atoms with E-state index in [-0.39, 0.29) is 11.4 Å². The van der Waals surface area contributed by atoms with Gasteiger partial charge >= 0.3 is 0 Å². The molecule has 0 heterocycles. The van der Waals surface area contributed by atoms with Gasteiger partial charge in [0.05, 0.1) is 19.1 Å². The number of nitrogens with one attached hydrogen (secondary N) is 1. The van der Waals surface area contributed by atoms with E-state index in [9.17, 15) is 8.42 Å². The van der Waals surface area contributed by atoms with E-state index in [1.807, 2.05) is 12.1 Å². The first kappa shape index (κ1) is 17.6. The molecule has 2 rings (SSSR count). The van der Waals surface area contributed by atoms with Crippen LogP contribution in [-0.4, -0.2) is 29.2 Å². The summed E-state index contributed by atoms with van der Waals surface area (Å²) in [4.78, 5) is 0.185. The first-order chi connectivity index (χ1) is 10.9. The van der Waals surface area contributed by atoms with Crippen molar-refractivity contribution in [3.8, 4) is 11.5 Å². The number of methoxy groups -OCH3 is 2. The zero-order valence-corrected chi connectivity index (χ0v) is 14.4. The molecule has 0 aromatic heterocycles. The van der Waals surface area contributed by atoms with E-state index in [1.54, 1.807) is 32.4 Å². The molecule has 0 fully saturated rings. The van der Waals surface area contributed by atoms with Crippen LogP contribution in [-0.2, 0) is 16.4 Å². The van der Waals surface area contributed by atoms with E-state index >= 15 is 0 Å². The molecule has 124 valence electrons.